The molecule has 3 heterocycles. The highest BCUT2D eigenvalue weighted by molar-refractivity contribution is 7.99. The number of aryl methyl sites for hydroxylation is 1. The third kappa shape index (κ3) is 4.52. The fourth-order valence-electron chi connectivity index (χ4n) is 4.74. The fourth-order valence-corrected chi connectivity index (χ4v) is 7.69. The van der Waals surface area contributed by atoms with Gasteiger partial charge in [0, 0.05) is 0 Å². The molecule has 2 aromatic heterocycles. The van der Waals surface area contributed by atoms with E-state index in [0.717, 1.165) is 32.3 Å². The number of nitrogens with zero attached hydrogens (tertiary/aromatic N) is 4. The molecular weight excluding hydrogens is 561 g/mol. The topological polar surface area (TPSA) is 197 Å². The Morgan fingerprint density at radius 3 is 2.63 bits per heavy atom. The Hall–Kier alpha value is -2.16. The normalized spacial score (nSPS) is 26.1. The van der Waals surface area contributed by atoms with Gasteiger partial charge in [-0.1, -0.05) is 24.3 Å². The summed E-state index contributed by atoms with van der Waals surface area (Å²) in [4.78, 5) is 27.6. The van der Waals surface area contributed by atoms with Crippen LogP contribution in [-0.2, 0) is 25.6 Å². The number of nitrogens with one attached hydrogen (secondary N) is 1. The van der Waals surface area contributed by atoms with E-state index in [-0.39, 0.29) is 17.0 Å². The van der Waals surface area contributed by atoms with Gasteiger partial charge in [-0.05, 0) is 49.4 Å². The first-order chi connectivity index (χ1) is 17.7. The molecule has 0 radical (unpaired) electrons. The molecule has 38 heavy (non-hydrogen) atoms. The van der Waals surface area contributed by atoms with Gasteiger partial charge >= 0.3 is 7.60 Å². The summed E-state index contributed by atoms with van der Waals surface area (Å²) in [7, 11) is -9.56. The highest BCUT2D eigenvalue weighted by Crippen LogP contribution is 2.54. The third-order valence-electron chi connectivity index (χ3n) is 7.29. The Bertz CT molecular complexity index is 1540. The number of ether oxygens (including phenoxy) is 1. The molecule has 0 bridgehead atoms. The van der Waals surface area contributed by atoms with Crippen LogP contribution in [-0.4, -0.2) is 76.7 Å². The van der Waals surface area contributed by atoms with E-state index in [4.69, 9.17) is 16.3 Å². The summed E-state index contributed by atoms with van der Waals surface area (Å²) in [5.41, 5.74) is 2.55. The zero-order valence-electron chi connectivity index (χ0n) is 20.3. The van der Waals surface area contributed by atoms with Crippen molar-refractivity contribution >= 4 is 45.9 Å². The predicted octanol–water partition coefficient (Wildman–Crippen LogP) is 1.53. The highest BCUT2D eigenvalue weighted by atomic mass is 35.5. The molecule has 0 amide bonds. The van der Waals surface area contributed by atoms with Gasteiger partial charge in [0.05, 0.1) is 23.4 Å². The second-order valence-electron chi connectivity index (χ2n) is 9.92. The van der Waals surface area contributed by atoms with Crippen LogP contribution in [0.3, 0.4) is 0 Å². The first kappa shape index (κ1) is 27.4. The number of hydrogen-bond donors (Lipinski definition) is 5. The van der Waals surface area contributed by atoms with Gasteiger partial charge in [-0.3, -0.25) is 4.57 Å². The van der Waals surface area contributed by atoms with Gasteiger partial charge in [-0.2, -0.15) is 15.1 Å². The lowest BCUT2D eigenvalue weighted by molar-refractivity contribution is -0.0365. The molecule has 1 unspecified atom stereocenters. The maximum atomic E-state index is 12.8. The number of aliphatic hydroxyl groups is 2. The standard InChI is InChI=1S/C22H27ClN5O8PS/c1-22(2,37(31,32)33)38(34,35)10-15-16(29)17(30)20(36-15)28-19-13(9-24-28)18(26-21(23)27-19)25-14-8-7-11-5-3-4-6-12(11)14/h3-6,9,14-17,20,29-30H,7-8,10H2,1-2H3,(H,25,26,27)(H2,31,32,33)/t14?,15-,16-,17-,20-/m1/s1. The first-order valence-corrected chi connectivity index (χ1v) is 15.4. The van der Waals surface area contributed by atoms with E-state index < -0.39 is 52.2 Å². The number of benzene rings is 1. The average Bonchev–Trinajstić information content (AvgIpc) is 3.51. The van der Waals surface area contributed by atoms with Gasteiger partial charge in [-0.15, -0.1) is 0 Å². The summed E-state index contributed by atoms with van der Waals surface area (Å²) in [6, 6.07) is 8.03. The Labute approximate surface area is 222 Å². The molecule has 1 aromatic carbocycles. The van der Waals surface area contributed by atoms with Gasteiger partial charge in [0.25, 0.3) is 0 Å². The van der Waals surface area contributed by atoms with Crippen LogP contribution >= 0.6 is 19.2 Å². The zero-order valence-corrected chi connectivity index (χ0v) is 22.8. The van der Waals surface area contributed by atoms with Gasteiger partial charge in [0.1, 0.15) is 24.1 Å². The van der Waals surface area contributed by atoms with Crippen molar-refractivity contribution in [1.29, 1.82) is 0 Å². The number of aliphatic hydroxyl groups excluding tert-OH is 2. The number of halogens is 1. The molecule has 3 aromatic rings. The van der Waals surface area contributed by atoms with Gasteiger partial charge in [-0.25, -0.2) is 13.1 Å². The average molecular weight is 588 g/mol. The van der Waals surface area contributed by atoms with Crippen molar-refractivity contribution in [1.82, 2.24) is 19.7 Å². The fraction of sp³-hybridized carbons (Fsp3) is 0.500. The van der Waals surface area contributed by atoms with E-state index in [1.807, 2.05) is 18.2 Å². The molecule has 1 fully saturated rings. The molecule has 5 atom stereocenters. The van der Waals surface area contributed by atoms with E-state index in [2.05, 4.69) is 26.4 Å². The molecule has 5 rings (SSSR count). The van der Waals surface area contributed by atoms with Crippen molar-refractivity contribution in [3.05, 3.63) is 46.9 Å². The van der Waals surface area contributed by atoms with E-state index in [9.17, 15) is 33.0 Å². The molecule has 5 N–H and O–H groups in total. The molecule has 16 heteroatoms. The molecular formula is C22H27ClN5O8PS. The number of sulfone groups is 1. The van der Waals surface area contributed by atoms with Crippen LogP contribution in [0.2, 0.25) is 5.28 Å². The number of anilines is 1. The molecule has 1 aliphatic carbocycles. The number of aromatic nitrogens is 4. The van der Waals surface area contributed by atoms with E-state index in [0.29, 0.717) is 11.2 Å². The van der Waals surface area contributed by atoms with Crippen molar-refractivity contribution in [2.45, 2.75) is 61.8 Å². The van der Waals surface area contributed by atoms with Crippen LogP contribution < -0.4 is 5.32 Å². The molecule has 2 aliphatic rings. The summed E-state index contributed by atoms with van der Waals surface area (Å²) in [6.45, 7) is 1.80. The minimum Gasteiger partial charge on any atom is -0.387 e. The van der Waals surface area contributed by atoms with Gasteiger partial charge in [0.2, 0.25) is 5.28 Å². The van der Waals surface area contributed by atoms with Crippen molar-refractivity contribution in [2.24, 2.45) is 0 Å². The Morgan fingerprint density at radius 1 is 1.21 bits per heavy atom. The summed E-state index contributed by atoms with van der Waals surface area (Å²) in [6.07, 6.45) is -2.97. The van der Waals surface area contributed by atoms with Crippen LogP contribution in [0.4, 0.5) is 5.82 Å². The Kier molecular flexibility index (Phi) is 6.84. The predicted molar refractivity (Wildman–Crippen MR) is 137 cm³/mol. The van der Waals surface area contributed by atoms with E-state index in [1.165, 1.54) is 16.4 Å². The van der Waals surface area contributed by atoms with E-state index >= 15 is 0 Å². The van der Waals surface area contributed by atoms with Crippen molar-refractivity contribution < 1.29 is 37.7 Å². The lowest BCUT2D eigenvalue weighted by atomic mass is 10.1. The summed E-state index contributed by atoms with van der Waals surface area (Å²) in [5, 5.41) is 29.3. The smallest absolute Gasteiger partial charge is 0.346 e. The zero-order chi connectivity index (χ0) is 27.6. The molecule has 1 saturated heterocycles. The van der Waals surface area contributed by atoms with Crippen LogP contribution in [0.15, 0.2) is 30.5 Å². The summed E-state index contributed by atoms with van der Waals surface area (Å²) >= 11 is 6.21. The quantitative estimate of drug-likeness (QED) is 0.198. The van der Waals surface area contributed by atoms with Crippen molar-refractivity contribution in [3.63, 3.8) is 0 Å². The van der Waals surface area contributed by atoms with Crippen LogP contribution in [0.1, 0.15) is 43.7 Å². The van der Waals surface area contributed by atoms with Gasteiger partial charge < -0.3 is 30.1 Å². The highest BCUT2D eigenvalue weighted by Gasteiger charge is 2.54. The minimum atomic E-state index is -5.07. The number of fused-ring (bicyclic) bond motifs is 2. The van der Waals surface area contributed by atoms with E-state index in [1.54, 1.807) is 0 Å². The molecule has 13 nitrogen and oxygen atoms in total. The molecule has 206 valence electrons. The first-order valence-electron chi connectivity index (χ1n) is 11.8. The second-order valence-corrected chi connectivity index (χ2v) is 15.4. The number of hydrogen-bond acceptors (Lipinski definition) is 10. The van der Waals surface area contributed by atoms with Crippen LogP contribution in [0.25, 0.3) is 11.0 Å². The molecule has 0 saturated carbocycles. The molecule has 0 spiro atoms. The monoisotopic (exact) mass is 587 g/mol. The van der Waals surface area contributed by atoms with Crippen molar-refractivity contribution in [2.75, 3.05) is 11.1 Å². The Balaban J connectivity index is 1.43. The summed E-state index contributed by atoms with van der Waals surface area (Å²) in [5.74, 6) is -0.536. The number of rotatable bonds is 7. The largest absolute Gasteiger partial charge is 0.387 e. The maximum Gasteiger partial charge on any atom is 0.346 e. The van der Waals surface area contributed by atoms with Crippen LogP contribution in [0.5, 0.6) is 0 Å². The summed E-state index contributed by atoms with van der Waals surface area (Å²) < 4.78 is 41.9. The van der Waals surface area contributed by atoms with Crippen molar-refractivity contribution in [3.8, 4) is 0 Å². The Morgan fingerprint density at radius 2 is 1.92 bits per heavy atom. The van der Waals surface area contributed by atoms with Crippen LogP contribution in [0, 0.1) is 0 Å². The minimum absolute atomic E-state index is 0.0224. The maximum absolute atomic E-state index is 12.8. The third-order valence-corrected chi connectivity index (χ3v) is 12.7. The lowest BCUT2D eigenvalue weighted by Crippen LogP contribution is -2.41. The SMILES string of the molecule is CC(C)(P(=O)(O)O)S(=O)(=O)C[C@H]1O[C@@H](n2ncc3c(NC4CCc5ccccc54)nc(Cl)nc32)[C@H](O)[C@@H]1O. The second kappa shape index (κ2) is 9.49. The van der Waals surface area contributed by atoms with Gasteiger partial charge in [0.15, 0.2) is 26.2 Å². The molecule has 1 aliphatic heterocycles. The lowest BCUT2D eigenvalue weighted by Gasteiger charge is -2.27.